The Balaban J connectivity index is 0.00000258. The van der Waals surface area contributed by atoms with Gasteiger partial charge in [-0.05, 0) is 59.0 Å². The summed E-state index contributed by atoms with van der Waals surface area (Å²) in [7, 11) is 2.00. The number of carbonyl (C=O) groups excluding carboxylic acids is 2. The Hall–Kier alpha value is -1.54. The van der Waals surface area contributed by atoms with Gasteiger partial charge in [0, 0.05) is 32.5 Å². The van der Waals surface area contributed by atoms with E-state index >= 15 is 0 Å². The zero-order valence-electron chi connectivity index (χ0n) is 22.1. The van der Waals surface area contributed by atoms with Gasteiger partial charge in [0.15, 0.2) is 12.1 Å². The molecule has 0 amide bonds. The van der Waals surface area contributed by atoms with Crippen molar-refractivity contribution in [2.75, 3.05) is 20.8 Å². The van der Waals surface area contributed by atoms with Gasteiger partial charge in [-0.1, -0.05) is 43.9 Å². The molecular weight excluding hydrogens is 436 g/mol. The number of ketones is 1. The summed E-state index contributed by atoms with van der Waals surface area (Å²) in [5.74, 6) is -0.0331. The zero-order chi connectivity index (χ0) is 25.9. The summed E-state index contributed by atoms with van der Waals surface area (Å²) < 4.78 is 17.6. The lowest BCUT2D eigenvalue weighted by atomic mass is 9.96. The van der Waals surface area contributed by atoms with Crippen LogP contribution in [0.1, 0.15) is 85.5 Å². The minimum absolute atomic E-state index is 0.0374. The number of ether oxygens (including phenoxy) is 3. The van der Waals surface area contributed by atoms with Crippen LogP contribution in [0.4, 0.5) is 0 Å². The largest absolute Gasteiger partial charge is 0.462 e. The molecule has 0 radical (unpaired) electrons. The van der Waals surface area contributed by atoms with Crippen molar-refractivity contribution in [2.45, 2.75) is 104 Å². The standard InChI is InChI=1S/C25H40O5.2CH4O/c1-18-14-15-23(26)19(2)10-7-5-6-8-12-24(27)30-21(4)22(16-18)17-28-25-13-9-11-20(3)29-25;2*1-2/h14-16,19-22,25H,5-13,17H2,1-4H3;2*2H,1H3/b15-14+,18-16+;;/t19-,20-,21-,22-,25-;;/m1../s1. The van der Waals surface area contributed by atoms with Crippen LogP contribution in [0, 0.1) is 11.8 Å². The van der Waals surface area contributed by atoms with Gasteiger partial charge in [-0.3, -0.25) is 9.59 Å². The Kier molecular flexibility index (Phi) is 18.8. The molecule has 5 atom stereocenters. The van der Waals surface area contributed by atoms with Crippen LogP contribution in [0.25, 0.3) is 0 Å². The fraction of sp³-hybridized carbons (Fsp3) is 0.778. The summed E-state index contributed by atoms with van der Waals surface area (Å²) in [5.41, 5.74) is 0.970. The fourth-order valence-corrected chi connectivity index (χ4v) is 3.97. The SMILES string of the molecule is CC1=C\[C@H](CO[C@H]2CCC[C@@H](C)O2)[C@@H](C)OC(=O)CCCCCC[C@@H](C)C(=O)\C=C\1.CO.CO. The second-order valence-corrected chi connectivity index (χ2v) is 9.00. The second kappa shape index (κ2) is 19.7. The van der Waals surface area contributed by atoms with Crippen molar-refractivity contribution in [3.63, 3.8) is 0 Å². The Morgan fingerprint density at radius 3 is 2.26 bits per heavy atom. The molecule has 1 fully saturated rings. The number of carbonyl (C=O) groups is 2. The minimum Gasteiger partial charge on any atom is -0.462 e. The molecule has 7 heteroatoms. The highest BCUT2D eigenvalue weighted by Gasteiger charge is 2.24. The first-order chi connectivity index (χ1) is 16.3. The zero-order valence-corrected chi connectivity index (χ0v) is 22.1. The van der Waals surface area contributed by atoms with Crippen LogP contribution in [0.15, 0.2) is 23.8 Å². The van der Waals surface area contributed by atoms with Crippen molar-refractivity contribution in [1.29, 1.82) is 0 Å². The number of hydrogen-bond acceptors (Lipinski definition) is 7. The molecular formula is C27H48O7. The van der Waals surface area contributed by atoms with Crippen LogP contribution in [0.3, 0.4) is 0 Å². The molecule has 2 aliphatic rings. The molecule has 2 aliphatic heterocycles. The van der Waals surface area contributed by atoms with E-state index in [1.807, 2.05) is 32.9 Å². The predicted octanol–water partition coefficient (Wildman–Crippen LogP) is 4.74. The van der Waals surface area contributed by atoms with E-state index in [-0.39, 0.29) is 42.1 Å². The van der Waals surface area contributed by atoms with Crippen LogP contribution < -0.4 is 0 Å². The van der Waals surface area contributed by atoms with Gasteiger partial charge in [0.25, 0.3) is 0 Å². The van der Waals surface area contributed by atoms with Gasteiger partial charge in [-0.15, -0.1) is 0 Å². The first-order valence-corrected chi connectivity index (χ1v) is 12.6. The van der Waals surface area contributed by atoms with Crippen LogP contribution in [0.2, 0.25) is 0 Å². The Morgan fingerprint density at radius 2 is 1.59 bits per heavy atom. The van der Waals surface area contributed by atoms with Crippen molar-refractivity contribution in [3.8, 4) is 0 Å². The predicted molar refractivity (Wildman–Crippen MR) is 134 cm³/mol. The van der Waals surface area contributed by atoms with Crippen LogP contribution in [-0.2, 0) is 23.8 Å². The van der Waals surface area contributed by atoms with E-state index in [1.165, 1.54) is 0 Å². The molecule has 0 saturated carbocycles. The Morgan fingerprint density at radius 1 is 0.912 bits per heavy atom. The highest BCUT2D eigenvalue weighted by molar-refractivity contribution is 5.91. The van der Waals surface area contributed by atoms with E-state index in [1.54, 1.807) is 6.08 Å². The van der Waals surface area contributed by atoms with Gasteiger partial charge in [-0.25, -0.2) is 0 Å². The van der Waals surface area contributed by atoms with Crippen molar-refractivity contribution in [3.05, 3.63) is 23.8 Å². The molecule has 0 unspecified atom stereocenters. The summed E-state index contributed by atoms with van der Waals surface area (Å²) in [5, 5.41) is 14.0. The van der Waals surface area contributed by atoms with E-state index in [0.29, 0.717) is 13.0 Å². The number of aliphatic hydroxyl groups is 2. The minimum atomic E-state index is -0.301. The molecule has 198 valence electrons. The summed E-state index contributed by atoms with van der Waals surface area (Å²) >= 11 is 0. The van der Waals surface area contributed by atoms with E-state index in [0.717, 1.165) is 71.2 Å². The van der Waals surface area contributed by atoms with Gasteiger partial charge in [-0.2, -0.15) is 0 Å². The number of aliphatic hydroxyl groups excluding tert-OH is 2. The highest BCUT2D eigenvalue weighted by atomic mass is 16.7. The van der Waals surface area contributed by atoms with E-state index in [9.17, 15) is 9.59 Å². The number of allylic oxidation sites excluding steroid dienone is 3. The van der Waals surface area contributed by atoms with E-state index in [2.05, 4.69) is 6.92 Å². The fourth-order valence-electron chi connectivity index (χ4n) is 3.97. The molecule has 2 N–H and O–H groups in total. The van der Waals surface area contributed by atoms with Gasteiger partial charge in [0.2, 0.25) is 0 Å². The maximum Gasteiger partial charge on any atom is 0.306 e. The first-order valence-electron chi connectivity index (χ1n) is 12.6. The molecule has 2 rings (SSSR count). The molecule has 0 bridgehead atoms. The lowest BCUT2D eigenvalue weighted by Crippen LogP contribution is -2.32. The summed E-state index contributed by atoms with van der Waals surface area (Å²) in [6, 6.07) is 0. The molecule has 7 nitrogen and oxygen atoms in total. The van der Waals surface area contributed by atoms with Gasteiger partial charge < -0.3 is 24.4 Å². The molecule has 0 aliphatic carbocycles. The topological polar surface area (TPSA) is 102 Å². The highest BCUT2D eigenvalue weighted by Crippen LogP contribution is 2.22. The van der Waals surface area contributed by atoms with E-state index in [4.69, 9.17) is 24.4 Å². The van der Waals surface area contributed by atoms with Gasteiger partial charge in [0.05, 0.1) is 12.7 Å². The molecule has 0 aromatic rings. The second-order valence-electron chi connectivity index (χ2n) is 9.00. The third kappa shape index (κ3) is 14.0. The van der Waals surface area contributed by atoms with Gasteiger partial charge in [0.1, 0.15) is 6.10 Å². The average molecular weight is 485 g/mol. The summed E-state index contributed by atoms with van der Waals surface area (Å²) in [4.78, 5) is 24.7. The average Bonchev–Trinajstić information content (AvgIpc) is 2.84. The third-order valence-corrected chi connectivity index (χ3v) is 6.07. The Labute approximate surface area is 206 Å². The molecule has 0 aromatic carbocycles. The maximum atomic E-state index is 12.4. The first kappa shape index (κ1) is 32.5. The summed E-state index contributed by atoms with van der Waals surface area (Å²) in [6.07, 6.45) is 13.6. The summed E-state index contributed by atoms with van der Waals surface area (Å²) in [6.45, 7) is 8.37. The molecule has 1 saturated heterocycles. The quantitative estimate of drug-likeness (QED) is 0.558. The van der Waals surface area contributed by atoms with Crippen LogP contribution >= 0.6 is 0 Å². The molecule has 2 heterocycles. The van der Waals surface area contributed by atoms with Crippen LogP contribution in [-0.4, -0.2) is 61.3 Å². The van der Waals surface area contributed by atoms with E-state index < -0.39 is 0 Å². The Bertz CT molecular complexity index is 614. The lowest BCUT2D eigenvalue weighted by molar-refractivity contribution is -0.197. The normalized spacial score (nSPS) is 32.0. The smallest absolute Gasteiger partial charge is 0.306 e. The third-order valence-electron chi connectivity index (χ3n) is 6.07. The number of rotatable bonds is 3. The van der Waals surface area contributed by atoms with Crippen molar-refractivity contribution in [2.24, 2.45) is 11.8 Å². The van der Waals surface area contributed by atoms with Crippen molar-refractivity contribution < 1.29 is 34.0 Å². The molecule has 34 heavy (non-hydrogen) atoms. The number of hydrogen-bond donors (Lipinski definition) is 2. The van der Waals surface area contributed by atoms with Crippen molar-refractivity contribution in [1.82, 2.24) is 0 Å². The van der Waals surface area contributed by atoms with Crippen molar-refractivity contribution >= 4 is 11.8 Å². The maximum absolute atomic E-state index is 12.4. The number of cyclic esters (lactones) is 1. The van der Waals surface area contributed by atoms with Gasteiger partial charge >= 0.3 is 5.97 Å². The lowest BCUT2D eigenvalue weighted by Gasteiger charge is -2.30. The molecule has 0 aromatic heterocycles. The number of esters is 1. The molecule has 0 spiro atoms. The van der Waals surface area contributed by atoms with Crippen LogP contribution in [0.5, 0.6) is 0 Å². The monoisotopic (exact) mass is 484 g/mol.